The second-order valence-corrected chi connectivity index (χ2v) is 5.75. The van der Waals surface area contributed by atoms with E-state index in [2.05, 4.69) is 41.4 Å². The molecule has 2 aliphatic rings. The van der Waals surface area contributed by atoms with Gasteiger partial charge in [0.15, 0.2) is 0 Å². The molecule has 0 amide bonds. The Bertz CT molecular complexity index is 375. The summed E-state index contributed by atoms with van der Waals surface area (Å²) in [6.45, 7) is 5.66. The standard InChI is InChI=1S/C16H24N2/c1-2-17-15-8-5-9-16(10-15)18-11-13-6-3-4-7-14(13)12-18/h3-4,6-7,15-17H,2,5,8-12H2,1H3. The molecule has 1 heterocycles. The van der Waals surface area contributed by atoms with E-state index in [0.29, 0.717) is 0 Å². The van der Waals surface area contributed by atoms with Gasteiger partial charge in [-0.15, -0.1) is 0 Å². The second kappa shape index (κ2) is 5.41. The third kappa shape index (κ3) is 2.45. The van der Waals surface area contributed by atoms with E-state index in [1.807, 2.05) is 0 Å². The van der Waals surface area contributed by atoms with Crippen molar-refractivity contribution in [2.45, 2.75) is 57.8 Å². The average Bonchev–Trinajstić information content (AvgIpc) is 2.83. The van der Waals surface area contributed by atoms with E-state index >= 15 is 0 Å². The molecule has 0 radical (unpaired) electrons. The fourth-order valence-electron chi connectivity index (χ4n) is 3.59. The highest BCUT2D eigenvalue weighted by Gasteiger charge is 2.29. The molecule has 3 rings (SSSR count). The highest BCUT2D eigenvalue weighted by molar-refractivity contribution is 5.30. The van der Waals surface area contributed by atoms with E-state index in [4.69, 9.17) is 0 Å². The predicted octanol–water partition coefficient (Wildman–Crippen LogP) is 2.92. The summed E-state index contributed by atoms with van der Waals surface area (Å²) < 4.78 is 0. The van der Waals surface area contributed by atoms with Crippen LogP contribution in [-0.2, 0) is 13.1 Å². The molecule has 2 unspecified atom stereocenters. The van der Waals surface area contributed by atoms with Crippen molar-refractivity contribution in [3.05, 3.63) is 35.4 Å². The molecule has 98 valence electrons. The van der Waals surface area contributed by atoms with Gasteiger partial charge in [0.1, 0.15) is 0 Å². The Morgan fingerprint density at radius 2 is 1.89 bits per heavy atom. The fourth-order valence-corrected chi connectivity index (χ4v) is 3.59. The van der Waals surface area contributed by atoms with Crippen molar-refractivity contribution in [2.24, 2.45) is 0 Å². The van der Waals surface area contributed by atoms with Crippen LogP contribution in [0.15, 0.2) is 24.3 Å². The van der Waals surface area contributed by atoms with Crippen molar-refractivity contribution >= 4 is 0 Å². The first kappa shape index (κ1) is 12.2. The molecular weight excluding hydrogens is 220 g/mol. The van der Waals surface area contributed by atoms with E-state index in [0.717, 1.165) is 18.6 Å². The molecule has 1 aliphatic carbocycles. The van der Waals surface area contributed by atoms with Crippen molar-refractivity contribution < 1.29 is 0 Å². The molecule has 18 heavy (non-hydrogen) atoms. The minimum Gasteiger partial charge on any atom is -0.314 e. The third-order valence-electron chi connectivity index (χ3n) is 4.52. The lowest BCUT2D eigenvalue weighted by Gasteiger charge is -2.35. The van der Waals surface area contributed by atoms with Crippen LogP contribution in [0.2, 0.25) is 0 Å². The molecule has 1 aliphatic heterocycles. The average molecular weight is 244 g/mol. The maximum absolute atomic E-state index is 3.63. The lowest BCUT2D eigenvalue weighted by molar-refractivity contribution is 0.139. The molecular formula is C16H24N2. The van der Waals surface area contributed by atoms with E-state index in [1.165, 1.54) is 38.8 Å². The van der Waals surface area contributed by atoms with Crippen LogP contribution in [0.25, 0.3) is 0 Å². The van der Waals surface area contributed by atoms with Gasteiger partial charge >= 0.3 is 0 Å². The van der Waals surface area contributed by atoms with Crippen LogP contribution in [0.1, 0.15) is 43.7 Å². The fraction of sp³-hybridized carbons (Fsp3) is 0.625. The third-order valence-corrected chi connectivity index (χ3v) is 4.52. The SMILES string of the molecule is CCNC1CCCC(N2Cc3ccccc3C2)C1. The minimum atomic E-state index is 0.748. The van der Waals surface area contributed by atoms with Crippen LogP contribution < -0.4 is 5.32 Å². The normalized spacial score (nSPS) is 28.3. The van der Waals surface area contributed by atoms with Gasteiger partial charge in [0.25, 0.3) is 0 Å². The summed E-state index contributed by atoms with van der Waals surface area (Å²) in [6.07, 6.45) is 5.47. The van der Waals surface area contributed by atoms with E-state index in [-0.39, 0.29) is 0 Å². The quantitative estimate of drug-likeness (QED) is 0.879. The van der Waals surface area contributed by atoms with Gasteiger partial charge < -0.3 is 5.32 Å². The molecule has 1 aromatic carbocycles. The van der Waals surface area contributed by atoms with Crippen LogP contribution in [-0.4, -0.2) is 23.5 Å². The number of hydrogen-bond donors (Lipinski definition) is 1. The summed E-state index contributed by atoms with van der Waals surface area (Å²) in [4.78, 5) is 2.69. The molecule has 2 heteroatoms. The van der Waals surface area contributed by atoms with Crippen molar-refractivity contribution in [1.82, 2.24) is 10.2 Å². The van der Waals surface area contributed by atoms with Crippen LogP contribution in [0, 0.1) is 0 Å². The highest BCUT2D eigenvalue weighted by Crippen LogP contribution is 2.30. The molecule has 2 atom stereocenters. The van der Waals surface area contributed by atoms with Gasteiger partial charge in [-0.1, -0.05) is 37.6 Å². The molecule has 1 saturated carbocycles. The summed E-state index contributed by atoms with van der Waals surface area (Å²) in [5.41, 5.74) is 3.09. The van der Waals surface area contributed by atoms with Crippen molar-refractivity contribution in [2.75, 3.05) is 6.54 Å². The smallest absolute Gasteiger partial charge is 0.0243 e. The lowest BCUT2D eigenvalue weighted by Crippen LogP contribution is -2.42. The Balaban J connectivity index is 1.63. The summed E-state index contributed by atoms with van der Waals surface area (Å²) in [6, 6.07) is 10.5. The molecule has 1 fully saturated rings. The highest BCUT2D eigenvalue weighted by atomic mass is 15.2. The molecule has 0 bridgehead atoms. The van der Waals surface area contributed by atoms with Gasteiger partial charge in [0.2, 0.25) is 0 Å². The predicted molar refractivity (Wildman–Crippen MR) is 75.4 cm³/mol. The van der Waals surface area contributed by atoms with Crippen molar-refractivity contribution in [3.63, 3.8) is 0 Å². The molecule has 1 aromatic rings. The van der Waals surface area contributed by atoms with Crippen LogP contribution in [0.3, 0.4) is 0 Å². The maximum Gasteiger partial charge on any atom is 0.0243 e. The van der Waals surface area contributed by atoms with Crippen molar-refractivity contribution in [3.8, 4) is 0 Å². The zero-order valence-electron chi connectivity index (χ0n) is 11.4. The van der Waals surface area contributed by atoms with E-state index in [1.54, 1.807) is 11.1 Å². The first-order valence-corrected chi connectivity index (χ1v) is 7.41. The van der Waals surface area contributed by atoms with Crippen molar-refractivity contribution in [1.29, 1.82) is 0 Å². The van der Waals surface area contributed by atoms with Gasteiger partial charge in [0.05, 0.1) is 0 Å². The monoisotopic (exact) mass is 244 g/mol. The topological polar surface area (TPSA) is 15.3 Å². The number of nitrogens with zero attached hydrogens (tertiary/aromatic N) is 1. The summed E-state index contributed by atoms with van der Waals surface area (Å²) in [5.74, 6) is 0. The molecule has 0 aromatic heterocycles. The second-order valence-electron chi connectivity index (χ2n) is 5.75. The maximum atomic E-state index is 3.63. The van der Waals surface area contributed by atoms with Crippen LogP contribution in [0.5, 0.6) is 0 Å². The molecule has 1 N–H and O–H groups in total. The van der Waals surface area contributed by atoms with Gasteiger partial charge in [-0.3, -0.25) is 4.90 Å². The molecule has 0 saturated heterocycles. The van der Waals surface area contributed by atoms with Gasteiger partial charge in [-0.25, -0.2) is 0 Å². The Morgan fingerprint density at radius 3 is 2.56 bits per heavy atom. The number of rotatable bonds is 3. The van der Waals surface area contributed by atoms with E-state index in [9.17, 15) is 0 Å². The van der Waals surface area contributed by atoms with Crippen LogP contribution >= 0.6 is 0 Å². The summed E-state index contributed by atoms with van der Waals surface area (Å²) in [5, 5.41) is 3.63. The molecule has 2 nitrogen and oxygen atoms in total. The lowest BCUT2D eigenvalue weighted by atomic mass is 9.90. The van der Waals surface area contributed by atoms with Crippen LogP contribution in [0.4, 0.5) is 0 Å². The zero-order valence-corrected chi connectivity index (χ0v) is 11.4. The number of nitrogens with one attached hydrogen (secondary N) is 1. The Kier molecular flexibility index (Phi) is 3.67. The van der Waals surface area contributed by atoms with Gasteiger partial charge in [0, 0.05) is 25.2 Å². The Labute approximate surface area is 110 Å². The first-order valence-electron chi connectivity index (χ1n) is 7.41. The molecule has 0 spiro atoms. The summed E-state index contributed by atoms with van der Waals surface area (Å²) >= 11 is 0. The Hall–Kier alpha value is -0.860. The summed E-state index contributed by atoms with van der Waals surface area (Å²) in [7, 11) is 0. The Morgan fingerprint density at radius 1 is 1.17 bits per heavy atom. The number of benzene rings is 1. The number of hydrogen-bond acceptors (Lipinski definition) is 2. The zero-order chi connectivity index (χ0) is 12.4. The first-order chi connectivity index (χ1) is 8.86. The van der Waals surface area contributed by atoms with E-state index < -0.39 is 0 Å². The van der Waals surface area contributed by atoms with Gasteiger partial charge in [-0.2, -0.15) is 0 Å². The van der Waals surface area contributed by atoms with Gasteiger partial charge in [-0.05, 0) is 36.9 Å². The largest absolute Gasteiger partial charge is 0.314 e. The minimum absolute atomic E-state index is 0.748. The number of fused-ring (bicyclic) bond motifs is 1.